The van der Waals surface area contributed by atoms with E-state index in [2.05, 4.69) is 10.4 Å². The molecular weight excluding hydrogens is 178 g/mol. The lowest BCUT2D eigenvalue weighted by Gasteiger charge is -2.08. The molecule has 0 saturated carbocycles. The summed E-state index contributed by atoms with van der Waals surface area (Å²) >= 11 is 0. The van der Waals surface area contributed by atoms with Crippen LogP contribution in [0.25, 0.3) is 0 Å². The predicted octanol–water partition coefficient (Wildman–Crippen LogP) is 0.589. The topological polar surface area (TPSA) is 50.1 Å². The fourth-order valence-electron chi connectivity index (χ4n) is 1.34. The largest absolute Gasteiger partial charge is 0.392 e. The number of aliphatic hydroxyl groups excluding tert-OH is 1. The minimum absolute atomic E-state index is 0.244. The van der Waals surface area contributed by atoms with Gasteiger partial charge in [0, 0.05) is 31.9 Å². The van der Waals surface area contributed by atoms with Crippen LogP contribution < -0.4 is 5.32 Å². The lowest BCUT2D eigenvalue weighted by atomic mass is 10.2. The van der Waals surface area contributed by atoms with E-state index < -0.39 is 0 Å². The Bertz CT molecular complexity index is 283. The molecule has 1 atom stereocenters. The molecule has 4 nitrogen and oxygen atoms in total. The number of aryl methyl sites for hydroxylation is 2. The summed E-state index contributed by atoms with van der Waals surface area (Å²) in [5.41, 5.74) is 2.24. The molecule has 0 saturated heterocycles. The Hall–Kier alpha value is -0.870. The third-order valence-electron chi connectivity index (χ3n) is 2.28. The van der Waals surface area contributed by atoms with E-state index >= 15 is 0 Å². The van der Waals surface area contributed by atoms with Crippen LogP contribution in [0.4, 0.5) is 0 Å². The second kappa shape index (κ2) is 5.12. The normalized spacial score (nSPS) is 13.1. The molecule has 1 heterocycles. The summed E-state index contributed by atoms with van der Waals surface area (Å²) < 4.78 is 1.81. The van der Waals surface area contributed by atoms with Crippen molar-refractivity contribution in [1.82, 2.24) is 15.1 Å². The van der Waals surface area contributed by atoms with Crippen molar-refractivity contribution < 1.29 is 5.11 Å². The zero-order valence-corrected chi connectivity index (χ0v) is 9.12. The average molecular weight is 197 g/mol. The Balaban J connectivity index is 2.34. The average Bonchev–Trinajstić information content (AvgIpc) is 2.45. The molecule has 0 radical (unpaired) electrons. The van der Waals surface area contributed by atoms with Gasteiger partial charge < -0.3 is 10.4 Å². The molecule has 0 fully saturated rings. The van der Waals surface area contributed by atoms with Crippen molar-refractivity contribution in [3.63, 3.8) is 0 Å². The number of nitrogens with one attached hydrogen (secondary N) is 1. The molecule has 0 aliphatic rings. The number of hydrogen-bond acceptors (Lipinski definition) is 3. The van der Waals surface area contributed by atoms with Gasteiger partial charge in [-0.2, -0.15) is 5.10 Å². The highest BCUT2D eigenvalue weighted by Gasteiger charge is 2.03. The van der Waals surface area contributed by atoms with Crippen LogP contribution in [-0.2, 0) is 13.6 Å². The van der Waals surface area contributed by atoms with Gasteiger partial charge in [0.15, 0.2) is 0 Å². The minimum atomic E-state index is -0.244. The van der Waals surface area contributed by atoms with Crippen molar-refractivity contribution in [2.45, 2.75) is 32.9 Å². The minimum Gasteiger partial charge on any atom is -0.392 e. The van der Waals surface area contributed by atoms with Crippen molar-refractivity contribution in [1.29, 1.82) is 0 Å². The second-order valence-electron chi connectivity index (χ2n) is 3.61. The van der Waals surface area contributed by atoms with E-state index in [1.54, 1.807) is 0 Å². The number of aliphatic hydroxyl groups is 1. The van der Waals surface area contributed by atoms with Crippen LogP contribution >= 0.6 is 0 Å². The Morgan fingerprint density at radius 2 is 2.36 bits per heavy atom. The van der Waals surface area contributed by atoms with E-state index in [1.165, 1.54) is 5.56 Å². The molecule has 1 unspecified atom stereocenters. The van der Waals surface area contributed by atoms with Crippen molar-refractivity contribution >= 4 is 0 Å². The van der Waals surface area contributed by atoms with Crippen molar-refractivity contribution in [3.05, 3.63) is 17.5 Å². The fraction of sp³-hybridized carbons (Fsp3) is 0.700. The standard InChI is InChI=1S/C10H19N3O/c1-4-10(14)6-11-5-9-7-13(3)12-8(9)2/h7,10-11,14H,4-6H2,1-3H3. The lowest BCUT2D eigenvalue weighted by Crippen LogP contribution is -2.25. The van der Waals surface area contributed by atoms with Crippen molar-refractivity contribution in [2.75, 3.05) is 6.54 Å². The SMILES string of the molecule is CCC(O)CNCc1cn(C)nc1C. The molecule has 14 heavy (non-hydrogen) atoms. The molecule has 2 N–H and O–H groups in total. The van der Waals surface area contributed by atoms with Crippen LogP contribution in [0.15, 0.2) is 6.20 Å². The molecule has 1 aromatic rings. The zero-order valence-electron chi connectivity index (χ0n) is 9.12. The summed E-state index contributed by atoms with van der Waals surface area (Å²) in [6.07, 6.45) is 2.55. The first kappa shape index (κ1) is 11.2. The van der Waals surface area contributed by atoms with Crippen molar-refractivity contribution in [3.8, 4) is 0 Å². The van der Waals surface area contributed by atoms with Crippen LogP contribution in [0, 0.1) is 6.92 Å². The Morgan fingerprint density at radius 1 is 1.64 bits per heavy atom. The number of rotatable bonds is 5. The fourth-order valence-corrected chi connectivity index (χ4v) is 1.34. The third kappa shape index (κ3) is 3.12. The van der Waals surface area contributed by atoms with Crippen LogP contribution in [-0.4, -0.2) is 27.5 Å². The Morgan fingerprint density at radius 3 is 2.86 bits per heavy atom. The van der Waals surface area contributed by atoms with Gasteiger partial charge in [0.05, 0.1) is 11.8 Å². The summed E-state index contributed by atoms with van der Waals surface area (Å²) in [5.74, 6) is 0. The van der Waals surface area contributed by atoms with Crippen LogP contribution in [0.1, 0.15) is 24.6 Å². The highest BCUT2D eigenvalue weighted by Crippen LogP contribution is 2.03. The summed E-state index contributed by atoms with van der Waals surface area (Å²) in [6.45, 7) is 5.39. The Kier molecular flexibility index (Phi) is 4.10. The molecule has 0 aromatic carbocycles. The van der Waals surface area contributed by atoms with E-state index in [4.69, 9.17) is 0 Å². The van der Waals surface area contributed by atoms with E-state index in [0.29, 0.717) is 6.54 Å². The van der Waals surface area contributed by atoms with E-state index in [1.807, 2.05) is 31.8 Å². The van der Waals surface area contributed by atoms with Gasteiger partial charge >= 0.3 is 0 Å². The van der Waals surface area contributed by atoms with Gasteiger partial charge in [-0.3, -0.25) is 4.68 Å². The first-order valence-corrected chi connectivity index (χ1v) is 5.01. The van der Waals surface area contributed by atoms with Crippen molar-refractivity contribution in [2.24, 2.45) is 7.05 Å². The molecule has 0 spiro atoms. The highest BCUT2D eigenvalue weighted by atomic mass is 16.3. The van der Waals surface area contributed by atoms with Gasteiger partial charge in [-0.1, -0.05) is 6.92 Å². The summed E-state index contributed by atoms with van der Waals surface area (Å²) in [4.78, 5) is 0. The molecule has 1 rings (SSSR count). The van der Waals surface area contributed by atoms with Gasteiger partial charge in [0.1, 0.15) is 0 Å². The first-order valence-electron chi connectivity index (χ1n) is 5.01. The number of aromatic nitrogens is 2. The van der Waals surface area contributed by atoms with Gasteiger partial charge in [-0.25, -0.2) is 0 Å². The molecule has 0 aliphatic carbocycles. The van der Waals surface area contributed by atoms with E-state index in [-0.39, 0.29) is 6.10 Å². The quantitative estimate of drug-likeness (QED) is 0.726. The van der Waals surface area contributed by atoms with Crippen LogP contribution in [0.5, 0.6) is 0 Å². The molecule has 80 valence electrons. The molecule has 0 bridgehead atoms. The van der Waals surface area contributed by atoms with Crippen LogP contribution in [0.3, 0.4) is 0 Å². The van der Waals surface area contributed by atoms with E-state index in [9.17, 15) is 5.11 Å². The summed E-state index contributed by atoms with van der Waals surface area (Å²) in [6, 6.07) is 0. The molecular formula is C10H19N3O. The molecule has 0 amide bonds. The highest BCUT2D eigenvalue weighted by molar-refractivity contribution is 5.14. The smallest absolute Gasteiger partial charge is 0.0662 e. The van der Waals surface area contributed by atoms with Gasteiger partial charge in [0.2, 0.25) is 0 Å². The second-order valence-corrected chi connectivity index (χ2v) is 3.61. The molecule has 0 aliphatic heterocycles. The monoisotopic (exact) mass is 197 g/mol. The predicted molar refractivity (Wildman–Crippen MR) is 55.9 cm³/mol. The maximum Gasteiger partial charge on any atom is 0.0662 e. The molecule has 1 aromatic heterocycles. The summed E-state index contributed by atoms with van der Waals surface area (Å²) in [7, 11) is 1.91. The number of hydrogen-bond donors (Lipinski definition) is 2. The third-order valence-corrected chi connectivity index (χ3v) is 2.28. The first-order chi connectivity index (χ1) is 6.63. The van der Waals surface area contributed by atoms with Gasteiger partial charge in [0.25, 0.3) is 0 Å². The number of nitrogens with zero attached hydrogens (tertiary/aromatic N) is 2. The maximum atomic E-state index is 9.33. The maximum absolute atomic E-state index is 9.33. The van der Waals surface area contributed by atoms with Crippen LogP contribution in [0.2, 0.25) is 0 Å². The van der Waals surface area contributed by atoms with E-state index in [0.717, 1.165) is 18.7 Å². The zero-order chi connectivity index (χ0) is 10.6. The lowest BCUT2D eigenvalue weighted by molar-refractivity contribution is 0.167. The Labute approximate surface area is 84.9 Å². The van der Waals surface area contributed by atoms with Gasteiger partial charge in [-0.15, -0.1) is 0 Å². The summed E-state index contributed by atoms with van der Waals surface area (Å²) in [5, 5.41) is 16.8. The molecule has 4 heteroatoms. The van der Waals surface area contributed by atoms with Gasteiger partial charge in [-0.05, 0) is 13.3 Å².